The van der Waals surface area contributed by atoms with E-state index in [2.05, 4.69) is 12.2 Å². The number of aryl methyl sites for hydroxylation is 2. The van der Waals surface area contributed by atoms with Gasteiger partial charge in [-0.2, -0.15) is 0 Å². The molecule has 8 heteroatoms. The number of carbonyl (C=O) groups is 2. The van der Waals surface area contributed by atoms with E-state index in [0.29, 0.717) is 52.3 Å². The first kappa shape index (κ1) is 27.6. The molecule has 0 bridgehead atoms. The highest BCUT2D eigenvalue weighted by molar-refractivity contribution is 7.17. The van der Waals surface area contributed by atoms with Crippen molar-refractivity contribution in [3.63, 3.8) is 0 Å². The van der Waals surface area contributed by atoms with Crippen LogP contribution in [0.1, 0.15) is 53.9 Å². The molecule has 0 saturated carbocycles. The molecule has 1 aromatic heterocycles. The van der Waals surface area contributed by atoms with Crippen molar-refractivity contribution in [2.24, 2.45) is 0 Å². The Morgan fingerprint density at radius 3 is 2.56 bits per heavy atom. The molecule has 0 fully saturated rings. The number of ether oxygens (including phenoxy) is 3. The smallest absolute Gasteiger partial charge is 0.341 e. The summed E-state index contributed by atoms with van der Waals surface area (Å²) in [5.41, 5.74) is 2.81. The van der Waals surface area contributed by atoms with E-state index in [1.54, 1.807) is 12.1 Å². The molecule has 0 aliphatic heterocycles. The summed E-state index contributed by atoms with van der Waals surface area (Å²) in [6.07, 6.45) is 2.79. The second-order valence-electron chi connectivity index (χ2n) is 8.20. The highest BCUT2D eigenvalue weighted by Gasteiger charge is 2.25. The van der Waals surface area contributed by atoms with Gasteiger partial charge in [-0.1, -0.05) is 43.1 Å². The average Bonchev–Trinajstić information content (AvgIpc) is 3.18. The summed E-state index contributed by atoms with van der Waals surface area (Å²) in [5, 5.41) is 3.95. The lowest BCUT2D eigenvalue weighted by molar-refractivity contribution is -0.116. The van der Waals surface area contributed by atoms with Crippen LogP contribution < -0.4 is 14.8 Å². The van der Waals surface area contributed by atoms with Crippen LogP contribution in [0.2, 0.25) is 5.02 Å². The number of anilines is 1. The topological polar surface area (TPSA) is 73.9 Å². The number of benzene rings is 2. The quantitative estimate of drug-likeness (QED) is 0.196. The summed E-state index contributed by atoms with van der Waals surface area (Å²) in [5.74, 6) is 0.688. The third kappa shape index (κ3) is 7.02. The van der Waals surface area contributed by atoms with E-state index >= 15 is 0 Å². The van der Waals surface area contributed by atoms with Crippen molar-refractivity contribution in [3.05, 3.63) is 63.5 Å². The van der Waals surface area contributed by atoms with Gasteiger partial charge in [0.25, 0.3) is 0 Å². The van der Waals surface area contributed by atoms with Gasteiger partial charge in [-0.3, -0.25) is 4.79 Å². The zero-order valence-corrected chi connectivity index (χ0v) is 22.7. The molecule has 2 aromatic carbocycles. The van der Waals surface area contributed by atoms with E-state index in [9.17, 15) is 9.59 Å². The molecule has 0 saturated heterocycles. The highest BCUT2D eigenvalue weighted by Crippen LogP contribution is 2.41. The van der Waals surface area contributed by atoms with Crippen LogP contribution in [-0.2, 0) is 16.0 Å². The molecule has 192 valence electrons. The van der Waals surface area contributed by atoms with Crippen LogP contribution in [0, 0.1) is 6.92 Å². The lowest BCUT2D eigenvalue weighted by Gasteiger charge is -2.13. The summed E-state index contributed by atoms with van der Waals surface area (Å²) in [6.45, 7) is 7.11. The van der Waals surface area contributed by atoms with Crippen molar-refractivity contribution in [2.75, 3.05) is 25.6 Å². The van der Waals surface area contributed by atoms with Crippen molar-refractivity contribution >= 4 is 39.8 Å². The van der Waals surface area contributed by atoms with Crippen molar-refractivity contribution in [1.82, 2.24) is 0 Å². The molecule has 3 rings (SSSR count). The molecule has 0 unspecified atom stereocenters. The van der Waals surface area contributed by atoms with Gasteiger partial charge in [0, 0.05) is 21.9 Å². The maximum absolute atomic E-state index is 12.9. The first-order valence-corrected chi connectivity index (χ1v) is 13.2. The van der Waals surface area contributed by atoms with Crippen LogP contribution in [0.4, 0.5) is 5.00 Å². The second kappa shape index (κ2) is 13.3. The minimum atomic E-state index is -0.510. The van der Waals surface area contributed by atoms with Gasteiger partial charge in [0.2, 0.25) is 5.91 Å². The molecular weight excluding hydrogens is 498 g/mol. The van der Waals surface area contributed by atoms with Crippen molar-refractivity contribution in [2.45, 2.75) is 46.5 Å². The lowest BCUT2D eigenvalue weighted by atomic mass is 10.0. The number of unbranched alkanes of at least 4 members (excludes halogenated alkanes) is 1. The fourth-order valence-corrected chi connectivity index (χ4v) is 5.06. The maximum atomic E-state index is 12.9. The molecule has 6 nitrogen and oxygen atoms in total. The zero-order chi connectivity index (χ0) is 26.1. The number of hydrogen-bond acceptors (Lipinski definition) is 6. The van der Waals surface area contributed by atoms with Gasteiger partial charge in [0.05, 0.1) is 20.3 Å². The van der Waals surface area contributed by atoms with Gasteiger partial charge in [-0.25, -0.2) is 4.79 Å². The minimum Gasteiger partial charge on any atom is -0.490 e. The lowest BCUT2D eigenvalue weighted by Crippen LogP contribution is -2.14. The summed E-state index contributed by atoms with van der Waals surface area (Å²) in [6, 6.07) is 13.0. The van der Waals surface area contributed by atoms with Crippen LogP contribution >= 0.6 is 22.9 Å². The van der Waals surface area contributed by atoms with Crippen LogP contribution in [-0.4, -0.2) is 32.2 Å². The normalized spacial score (nSPS) is 10.7. The molecular formula is C28H32ClNO5S. The molecule has 1 N–H and O–H groups in total. The summed E-state index contributed by atoms with van der Waals surface area (Å²) in [4.78, 5) is 26.4. The van der Waals surface area contributed by atoms with Gasteiger partial charge in [0.1, 0.15) is 10.6 Å². The number of carbonyl (C=O) groups excluding carboxylic acids is 2. The Kier molecular flexibility index (Phi) is 10.2. The number of halogens is 1. The molecule has 0 spiro atoms. The van der Waals surface area contributed by atoms with Gasteiger partial charge < -0.3 is 19.5 Å². The Hall–Kier alpha value is -3.03. The molecule has 0 aliphatic carbocycles. The van der Waals surface area contributed by atoms with Gasteiger partial charge in [0.15, 0.2) is 11.5 Å². The monoisotopic (exact) mass is 529 g/mol. The van der Waals surface area contributed by atoms with E-state index in [-0.39, 0.29) is 12.3 Å². The van der Waals surface area contributed by atoms with E-state index in [1.807, 2.05) is 44.2 Å². The van der Waals surface area contributed by atoms with Gasteiger partial charge >= 0.3 is 5.97 Å². The Bertz CT molecular complexity index is 1210. The fourth-order valence-electron chi connectivity index (χ4n) is 3.79. The summed E-state index contributed by atoms with van der Waals surface area (Å²) in [7, 11) is 1.33. The third-order valence-electron chi connectivity index (χ3n) is 5.54. The molecule has 0 aliphatic rings. The predicted molar refractivity (Wildman–Crippen MR) is 146 cm³/mol. The highest BCUT2D eigenvalue weighted by atomic mass is 35.5. The molecule has 0 atom stereocenters. The third-order valence-corrected chi connectivity index (χ3v) is 6.80. The fraction of sp³-hybridized carbons (Fsp3) is 0.357. The number of hydrogen-bond donors (Lipinski definition) is 1. The van der Waals surface area contributed by atoms with Crippen LogP contribution in [0.15, 0.2) is 42.5 Å². The number of rotatable bonds is 12. The second-order valence-corrected chi connectivity index (χ2v) is 9.86. The number of methoxy groups -OCH3 is 1. The van der Waals surface area contributed by atoms with Crippen LogP contribution in [0.25, 0.3) is 11.1 Å². The first-order chi connectivity index (χ1) is 17.4. The SMILES string of the molecule is CCCCOc1ccc(CCC(=O)Nc2sc(C)c(-c3cccc(Cl)c3)c2C(=O)OC)cc1OCC. The van der Waals surface area contributed by atoms with Crippen molar-refractivity contribution in [3.8, 4) is 22.6 Å². The molecule has 36 heavy (non-hydrogen) atoms. The number of esters is 1. The first-order valence-electron chi connectivity index (χ1n) is 12.0. The van der Waals surface area contributed by atoms with E-state index < -0.39 is 5.97 Å². The Labute approximate surface area is 221 Å². The largest absolute Gasteiger partial charge is 0.490 e. The minimum absolute atomic E-state index is 0.194. The number of nitrogens with one attached hydrogen (secondary N) is 1. The summed E-state index contributed by atoms with van der Waals surface area (Å²) >= 11 is 7.52. The molecule has 1 heterocycles. The van der Waals surface area contributed by atoms with E-state index in [4.69, 9.17) is 25.8 Å². The Morgan fingerprint density at radius 2 is 1.86 bits per heavy atom. The van der Waals surface area contributed by atoms with Crippen LogP contribution in [0.3, 0.4) is 0 Å². The molecule has 0 radical (unpaired) electrons. The van der Waals surface area contributed by atoms with Crippen molar-refractivity contribution in [1.29, 1.82) is 0 Å². The Balaban J connectivity index is 1.75. The zero-order valence-electron chi connectivity index (χ0n) is 21.1. The van der Waals surface area contributed by atoms with Gasteiger partial charge in [-0.05, 0) is 62.1 Å². The van der Waals surface area contributed by atoms with Crippen molar-refractivity contribution < 1.29 is 23.8 Å². The molecule has 3 aromatic rings. The number of thiophene rings is 1. The molecule has 1 amide bonds. The predicted octanol–water partition coefficient (Wildman–Crippen LogP) is 7.31. The standard InChI is InChI=1S/C28H32ClNO5S/c1-5-7-15-35-22-13-11-19(16-23(22)34-6-2)12-14-24(31)30-27-26(28(32)33-4)25(18(3)36-27)20-9-8-10-21(29)17-20/h8-11,13,16-17H,5-7,12,14-15H2,1-4H3,(H,30,31). The maximum Gasteiger partial charge on any atom is 0.341 e. The Morgan fingerprint density at radius 1 is 1.06 bits per heavy atom. The van der Waals surface area contributed by atoms with E-state index in [0.717, 1.165) is 28.8 Å². The van der Waals surface area contributed by atoms with Gasteiger partial charge in [-0.15, -0.1) is 11.3 Å². The average molecular weight is 530 g/mol. The number of amides is 1. The van der Waals surface area contributed by atoms with E-state index in [1.165, 1.54) is 18.4 Å². The summed E-state index contributed by atoms with van der Waals surface area (Å²) < 4.78 is 16.6. The van der Waals surface area contributed by atoms with Crippen LogP contribution in [0.5, 0.6) is 11.5 Å².